The molecule has 1 aromatic carbocycles. The molecular weight excluding hydrogens is 286 g/mol. The monoisotopic (exact) mass is 316 g/mol. The van der Waals surface area contributed by atoms with E-state index in [0.717, 1.165) is 61.7 Å². The van der Waals surface area contributed by atoms with Crippen molar-refractivity contribution in [3.05, 3.63) is 35.9 Å². The van der Waals surface area contributed by atoms with Crippen LogP contribution >= 0.6 is 0 Å². The first-order chi connectivity index (χ1) is 11.0. The molecule has 1 aliphatic carbocycles. The van der Waals surface area contributed by atoms with Crippen LogP contribution in [0.25, 0.3) is 0 Å². The van der Waals surface area contributed by atoms with E-state index in [1.807, 2.05) is 18.2 Å². The summed E-state index contributed by atoms with van der Waals surface area (Å²) in [6.45, 7) is 2.19. The van der Waals surface area contributed by atoms with Crippen LogP contribution in [-0.4, -0.2) is 43.7 Å². The summed E-state index contributed by atoms with van der Waals surface area (Å²) in [6.07, 6.45) is 7.44. The van der Waals surface area contributed by atoms with Gasteiger partial charge >= 0.3 is 5.97 Å². The molecule has 0 N–H and O–H groups in total. The SMILES string of the molecule is C[N+]1(C)CCC(OC(=O)C2(c3ccccc3)CCCCC2)CC1. The topological polar surface area (TPSA) is 26.3 Å². The maximum Gasteiger partial charge on any atom is 0.316 e. The lowest BCUT2D eigenvalue weighted by atomic mass is 9.69. The molecule has 2 aliphatic rings. The Morgan fingerprint density at radius 3 is 2.26 bits per heavy atom. The number of esters is 1. The molecule has 0 amide bonds. The Balaban J connectivity index is 1.74. The molecule has 0 unspecified atom stereocenters. The van der Waals surface area contributed by atoms with Gasteiger partial charge in [0.1, 0.15) is 6.10 Å². The van der Waals surface area contributed by atoms with Crippen molar-refractivity contribution in [2.24, 2.45) is 0 Å². The molecular formula is C20H30NO2+. The van der Waals surface area contributed by atoms with E-state index in [4.69, 9.17) is 4.74 Å². The van der Waals surface area contributed by atoms with Crippen LogP contribution < -0.4 is 0 Å². The van der Waals surface area contributed by atoms with Crippen LogP contribution in [0.5, 0.6) is 0 Å². The number of quaternary nitrogens is 1. The minimum atomic E-state index is -0.401. The maximum absolute atomic E-state index is 13.1. The highest BCUT2D eigenvalue weighted by molar-refractivity contribution is 5.83. The van der Waals surface area contributed by atoms with Crippen molar-refractivity contribution in [1.29, 1.82) is 0 Å². The smallest absolute Gasteiger partial charge is 0.316 e. The van der Waals surface area contributed by atoms with Gasteiger partial charge in [-0.05, 0) is 18.4 Å². The number of hydrogen-bond acceptors (Lipinski definition) is 2. The van der Waals surface area contributed by atoms with Gasteiger partial charge in [0.2, 0.25) is 0 Å². The van der Waals surface area contributed by atoms with Gasteiger partial charge in [0, 0.05) is 12.8 Å². The lowest BCUT2D eigenvalue weighted by molar-refractivity contribution is -0.896. The molecule has 0 bridgehead atoms. The molecule has 2 fully saturated rings. The van der Waals surface area contributed by atoms with Crippen molar-refractivity contribution in [2.75, 3.05) is 27.2 Å². The first kappa shape index (κ1) is 16.5. The Morgan fingerprint density at radius 1 is 1.04 bits per heavy atom. The highest BCUT2D eigenvalue weighted by Crippen LogP contribution is 2.41. The van der Waals surface area contributed by atoms with Crippen molar-refractivity contribution in [3.63, 3.8) is 0 Å². The molecule has 0 radical (unpaired) electrons. The number of hydrogen-bond donors (Lipinski definition) is 0. The van der Waals surface area contributed by atoms with Crippen molar-refractivity contribution >= 4 is 5.97 Å². The van der Waals surface area contributed by atoms with Gasteiger partial charge in [-0.25, -0.2) is 0 Å². The van der Waals surface area contributed by atoms with Gasteiger partial charge in [0.15, 0.2) is 0 Å². The number of carbonyl (C=O) groups excluding carboxylic acids is 1. The van der Waals surface area contributed by atoms with Crippen molar-refractivity contribution in [2.45, 2.75) is 56.5 Å². The molecule has 1 aliphatic heterocycles. The van der Waals surface area contributed by atoms with Crippen molar-refractivity contribution in [1.82, 2.24) is 0 Å². The number of ether oxygens (including phenoxy) is 1. The Morgan fingerprint density at radius 2 is 1.65 bits per heavy atom. The average molecular weight is 316 g/mol. The van der Waals surface area contributed by atoms with Gasteiger partial charge in [-0.2, -0.15) is 0 Å². The second-order valence-corrected chi connectivity index (χ2v) is 8.00. The number of carbonyl (C=O) groups is 1. The molecule has 1 aromatic rings. The molecule has 0 aromatic heterocycles. The summed E-state index contributed by atoms with van der Waals surface area (Å²) in [5, 5.41) is 0. The summed E-state index contributed by atoms with van der Waals surface area (Å²) in [5.41, 5.74) is 0.748. The molecule has 1 saturated carbocycles. The van der Waals surface area contributed by atoms with Crippen molar-refractivity contribution in [3.8, 4) is 0 Å². The van der Waals surface area contributed by atoms with Crippen LogP contribution in [0.4, 0.5) is 0 Å². The molecule has 126 valence electrons. The van der Waals surface area contributed by atoms with Crippen LogP contribution in [0.15, 0.2) is 30.3 Å². The Bertz CT molecular complexity index is 522. The normalized spacial score (nSPS) is 24.1. The van der Waals surface area contributed by atoms with Crippen LogP contribution in [0.3, 0.4) is 0 Å². The number of rotatable bonds is 3. The molecule has 0 spiro atoms. The summed E-state index contributed by atoms with van der Waals surface area (Å²) in [6, 6.07) is 10.3. The van der Waals surface area contributed by atoms with Gasteiger partial charge in [0.05, 0.1) is 32.6 Å². The van der Waals surface area contributed by atoms with Crippen LogP contribution in [0.1, 0.15) is 50.5 Å². The lowest BCUT2D eigenvalue weighted by Gasteiger charge is -2.40. The summed E-state index contributed by atoms with van der Waals surface area (Å²) in [5.74, 6) is 0.0283. The molecule has 3 rings (SSSR count). The number of likely N-dealkylation sites (tertiary alicyclic amines) is 1. The average Bonchev–Trinajstić information content (AvgIpc) is 2.58. The molecule has 0 atom stereocenters. The molecule has 3 heteroatoms. The highest BCUT2D eigenvalue weighted by Gasteiger charge is 2.44. The molecule has 1 saturated heterocycles. The van der Waals surface area contributed by atoms with Gasteiger partial charge in [-0.1, -0.05) is 49.6 Å². The van der Waals surface area contributed by atoms with Gasteiger partial charge in [-0.3, -0.25) is 4.79 Å². The number of nitrogens with zero attached hydrogens (tertiary/aromatic N) is 1. The summed E-state index contributed by atoms with van der Waals surface area (Å²) in [4.78, 5) is 13.1. The van der Waals surface area contributed by atoms with E-state index in [9.17, 15) is 4.79 Å². The molecule has 3 nitrogen and oxygen atoms in total. The van der Waals surface area contributed by atoms with Crippen molar-refractivity contribution < 1.29 is 14.0 Å². The lowest BCUT2D eigenvalue weighted by Crippen LogP contribution is -2.49. The zero-order chi connectivity index (χ0) is 16.3. The van der Waals surface area contributed by atoms with E-state index in [2.05, 4.69) is 26.2 Å². The highest BCUT2D eigenvalue weighted by atomic mass is 16.5. The van der Waals surface area contributed by atoms with E-state index < -0.39 is 5.41 Å². The van der Waals surface area contributed by atoms with Crippen LogP contribution in [-0.2, 0) is 14.9 Å². The van der Waals surface area contributed by atoms with Gasteiger partial charge in [0.25, 0.3) is 0 Å². The minimum absolute atomic E-state index is 0.0283. The second kappa shape index (κ2) is 6.64. The van der Waals surface area contributed by atoms with Crippen LogP contribution in [0, 0.1) is 0 Å². The number of benzene rings is 1. The van der Waals surface area contributed by atoms with E-state index >= 15 is 0 Å². The summed E-state index contributed by atoms with van der Waals surface area (Å²) < 4.78 is 7.07. The zero-order valence-electron chi connectivity index (χ0n) is 14.6. The van der Waals surface area contributed by atoms with E-state index in [0.29, 0.717) is 0 Å². The third-order valence-electron chi connectivity index (χ3n) is 5.81. The third kappa shape index (κ3) is 3.60. The molecule has 1 heterocycles. The third-order valence-corrected chi connectivity index (χ3v) is 5.81. The predicted molar refractivity (Wildman–Crippen MR) is 92.2 cm³/mol. The van der Waals surface area contributed by atoms with E-state index in [1.54, 1.807) is 0 Å². The fourth-order valence-electron chi connectivity index (χ4n) is 4.15. The van der Waals surface area contributed by atoms with Gasteiger partial charge in [-0.15, -0.1) is 0 Å². The Kier molecular flexibility index (Phi) is 4.77. The fraction of sp³-hybridized carbons (Fsp3) is 0.650. The predicted octanol–water partition coefficient (Wildman–Crippen LogP) is 3.67. The molecule has 23 heavy (non-hydrogen) atoms. The van der Waals surface area contributed by atoms with E-state index in [1.165, 1.54) is 6.42 Å². The summed E-state index contributed by atoms with van der Waals surface area (Å²) in [7, 11) is 4.51. The van der Waals surface area contributed by atoms with Gasteiger partial charge < -0.3 is 9.22 Å². The largest absolute Gasteiger partial charge is 0.461 e. The first-order valence-electron chi connectivity index (χ1n) is 9.11. The second-order valence-electron chi connectivity index (χ2n) is 8.00. The Labute approximate surface area is 140 Å². The zero-order valence-corrected chi connectivity index (χ0v) is 14.6. The first-order valence-corrected chi connectivity index (χ1v) is 9.11. The Hall–Kier alpha value is -1.35. The standard InChI is InChI=1S/C20H30NO2/c1-21(2)15-11-18(12-16-21)23-19(22)20(13-7-4-8-14-20)17-9-5-3-6-10-17/h3,5-6,9-10,18H,4,7-8,11-16H2,1-2H3/q+1. The van der Waals surface area contributed by atoms with Crippen LogP contribution in [0.2, 0.25) is 0 Å². The number of piperidine rings is 1. The summed E-state index contributed by atoms with van der Waals surface area (Å²) >= 11 is 0. The maximum atomic E-state index is 13.1. The minimum Gasteiger partial charge on any atom is -0.461 e. The quantitative estimate of drug-likeness (QED) is 0.628. The van der Waals surface area contributed by atoms with E-state index in [-0.39, 0.29) is 12.1 Å². The fourth-order valence-corrected chi connectivity index (χ4v) is 4.15.